The SMILES string of the molecule is O=P(CCl)(CCl)Oc1ccccc1CP(=O)(c1ccccc1)c1ccccc1. The molecular weight excluding hydrogens is 433 g/mol. The average molecular weight is 453 g/mol. The van der Waals surface area contributed by atoms with Gasteiger partial charge >= 0.3 is 0 Å². The third-order valence-corrected chi connectivity index (χ3v) is 10.8. The van der Waals surface area contributed by atoms with Gasteiger partial charge in [-0.1, -0.05) is 78.9 Å². The highest BCUT2D eigenvalue weighted by atomic mass is 35.5. The number of para-hydroxylation sites is 1. The third-order valence-electron chi connectivity index (χ3n) is 4.34. The second-order valence-corrected chi connectivity index (χ2v) is 12.9. The molecule has 0 amide bonds. The van der Waals surface area contributed by atoms with Crippen LogP contribution in [-0.2, 0) is 15.3 Å². The first-order valence-corrected chi connectivity index (χ1v) is 13.6. The molecule has 0 unspecified atom stereocenters. The van der Waals surface area contributed by atoms with E-state index in [1.165, 1.54) is 0 Å². The van der Waals surface area contributed by atoms with Gasteiger partial charge in [0.1, 0.15) is 24.1 Å². The molecule has 0 bridgehead atoms. The van der Waals surface area contributed by atoms with Crippen LogP contribution in [0.4, 0.5) is 0 Å². The summed E-state index contributed by atoms with van der Waals surface area (Å²) in [7, 11) is -6.19. The Balaban J connectivity index is 2.07. The average Bonchev–Trinajstić information content (AvgIpc) is 2.76. The van der Waals surface area contributed by atoms with Gasteiger partial charge in [-0.15, -0.1) is 23.2 Å². The predicted molar refractivity (Wildman–Crippen MR) is 120 cm³/mol. The fourth-order valence-corrected chi connectivity index (χ4v) is 7.36. The van der Waals surface area contributed by atoms with Crippen LogP contribution in [0.5, 0.6) is 5.75 Å². The zero-order chi connectivity index (χ0) is 20.0. The van der Waals surface area contributed by atoms with E-state index < -0.39 is 14.5 Å². The minimum absolute atomic E-state index is 0.181. The van der Waals surface area contributed by atoms with Crippen molar-refractivity contribution in [3.8, 4) is 5.75 Å². The third kappa shape index (κ3) is 4.73. The van der Waals surface area contributed by atoms with Gasteiger partial charge in [0.25, 0.3) is 7.37 Å². The Kier molecular flexibility index (Phi) is 7.07. The molecule has 0 aliphatic carbocycles. The fourth-order valence-electron chi connectivity index (χ4n) is 2.89. The van der Waals surface area contributed by atoms with Crippen LogP contribution in [0, 0.1) is 0 Å². The van der Waals surface area contributed by atoms with Gasteiger partial charge in [0.05, 0.1) is 0 Å². The topological polar surface area (TPSA) is 43.4 Å². The molecule has 3 aromatic rings. The zero-order valence-corrected chi connectivity index (χ0v) is 18.4. The summed E-state index contributed by atoms with van der Waals surface area (Å²) in [4.78, 5) is 0. The lowest BCUT2D eigenvalue weighted by Gasteiger charge is -2.22. The van der Waals surface area contributed by atoms with Crippen LogP contribution in [0.15, 0.2) is 84.9 Å². The number of rotatable bonds is 8. The van der Waals surface area contributed by atoms with E-state index in [0.29, 0.717) is 11.3 Å². The summed E-state index contributed by atoms with van der Waals surface area (Å²) in [6.45, 7) is 0. The van der Waals surface area contributed by atoms with Gasteiger partial charge in [-0.05, 0) is 6.07 Å². The van der Waals surface area contributed by atoms with Crippen LogP contribution < -0.4 is 15.1 Å². The lowest BCUT2D eigenvalue weighted by molar-refractivity contribution is 0.488. The Morgan fingerprint density at radius 2 is 1.14 bits per heavy atom. The molecule has 0 aliphatic rings. The van der Waals surface area contributed by atoms with Crippen LogP contribution in [0.3, 0.4) is 0 Å². The first-order chi connectivity index (χ1) is 13.5. The summed E-state index contributed by atoms with van der Waals surface area (Å²) in [5.41, 5.74) is 0.341. The number of benzene rings is 3. The first kappa shape index (κ1) is 21.2. The molecule has 0 aliphatic heterocycles. The second-order valence-electron chi connectivity index (χ2n) is 6.32. The maximum atomic E-state index is 14.3. The van der Waals surface area contributed by atoms with Gasteiger partial charge in [-0.25, -0.2) is 0 Å². The van der Waals surface area contributed by atoms with E-state index in [4.69, 9.17) is 27.7 Å². The molecule has 0 aromatic heterocycles. The molecule has 28 heavy (non-hydrogen) atoms. The summed E-state index contributed by atoms with van der Waals surface area (Å²) in [5, 5.41) is 1.52. The first-order valence-electron chi connectivity index (χ1n) is 8.68. The van der Waals surface area contributed by atoms with Crippen molar-refractivity contribution in [1.29, 1.82) is 0 Å². The minimum atomic E-state index is -3.20. The lowest BCUT2D eigenvalue weighted by atomic mass is 10.2. The van der Waals surface area contributed by atoms with Crippen molar-refractivity contribution in [1.82, 2.24) is 0 Å². The van der Waals surface area contributed by atoms with E-state index in [9.17, 15) is 9.13 Å². The van der Waals surface area contributed by atoms with Crippen LogP contribution in [0.2, 0.25) is 0 Å². The Morgan fingerprint density at radius 1 is 0.679 bits per heavy atom. The van der Waals surface area contributed by atoms with E-state index in [0.717, 1.165) is 10.6 Å². The van der Waals surface area contributed by atoms with Crippen LogP contribution >= 0.6 is 37.7 Å². The molecule has 0 atom stereocenters. The number of alkyl halides is 2. The molecule has 3 aromatic carbocycles. The van der Waals surface area contributed by atoms with Crippen molar-refractivity contribution >= 4 is 48.3 Å². The van der Waals surface area contributed by atoms with Crippen molar-refractivity contribution in [2.24, 2.45) is 0 Å². The summed E-state index contributed by atoms with van der Waals surface area (Å²) in [5.74, 6) is 0.402. The highest BCUT2D eigenvalue weighted by Crippen LogP contribution is 2.53. The van der Waals surface area contributed by atoms with Gasteiger partial charge in [0.2, 0.25) is 0 Å². The monoisotopic (exact) mass is 452 g/mol. The summed E-state index contributed by atoms with van der Waals surface area (Å²) in [6, 6.07) is 26.0. The molecule has 0 saturated carbocycles. The Hall–Kier alpha value is -1.50. The van der Waals surface area contributed by atoms with Crippen molar-refractivity contribution in [2.45, 2.75) is 6.16 Å². The zero-order valence-electron chi connectivity index (χ0n) is 15.1. The van der Waals surface area contributed by atoms with Gasteiger partial charge in [0.15, 0.2) is 0 Å². The molecule has 3 rings (SSSR count). The standard InChI is InChI=1S/C21H20Cl2O3P2/c22-16-27(24,17-23)26-21-14-8-7-9-18(21)15-28(25,19-10-3-1-4-11-19)20-12-5-2-6-13-20/h1-14H,15-17H2. The molecule has 7 heteroatoms. The number of hydrogen-bond donors (Lipinski definition) is 0. The molecule has 0 spiro atoms. The number of halogens is 2. The van der Waals surface area contributed by atoms with E-state index in [2.05, 4.69) is 0 Å². The summed E-state index contributed by atoms with van der Waals surface area (Å²) >= 11 is 11.6. The Bertz CT molecular complexity index is 959. The van der Waals surface area contributed by atoms with Crippen LogP contribution in [0.25, 0.3) is 0 Å². The fraction of sp³-hybridized carbons (Fsp3) is 0.143. The van der Waals surface area contributed by atoms with Crippen LogP contribution in [0.1, 0.15) is 5.56 Å². The summed E-state index contributed by atoms with van der Waals surface area (Å²) < 4.78 is 32.6. The normalized spacial score (nSPS) is 11.9. The predicted octanol–water partition coefficient (Wildman–Crippen LogP) is 6.25. The van der Waals surface area contributed by atoms with E-state index >= 15 is 0 Å². The van der Waals surface area contributed by atoms with E-state index in [1.807, 2.05) is 72.8 Å². The van der Waals surface area contributed by atoms with Gasteiger partial charge in [-0.2, -0.15) is 0 Å². The largest absolute Gasteiger partial charge is 0.441 e. The van der Waals surface area contributed by atoms with Crippen molar-refractivity contribution in [3.63, 3.8) is 0 Å². The lowest BCUT2D eigenvalue weighted by Crippen LogP contribution is -2.17. The molecule has 3 nitrogen and oxygen atoms in total. The second kappa shape index (κ2) is 9.33. The molecule has 0 fully saturated rings. The Morgan fingerprint density at radius 3 is 1.64 bits per heavy atom. The number of hydrogen-bond acceptors (Lipinski definition) is 3. The highest BCUT2D eigenvalue weighted by Gasteiger charge is 2.30. The molecule has 0 saturated heterocycles. The molecule has 0 heterocycles. The quantitative estimate of drug-likeness (QED) is 0.299. The molecular formula is C21H20Cl2O3P2. The maximum Gasteiger partial charge on any atom is 0.276 e. The maximum absolute atomic E-state index is 14.3. The van der Waals surface area contributed by atoms with E-state index in [1.54, 1.807) is 12.1 Å². The smallest absolute Gasteiger partial charge is 0.276 e. The summed E-state index contributed by atoms with van der Waals surface area (Å²) in [6.07, 6.45) is 0.238. The molecule has 146 valence electrons. The van der Waals surface area contributed by atoms with Gasteiger partial charge < -0.3 is 9.09 Å². The van der Waals surface area contributed by atoms with Crippen molar-refractivity contribution in [2.75, 3.05) is 11.2 Å². The van der Waals surface area contributed by atoms with Gasteiger partial charge in [0, 0.05) is 22.3 Å². The van der Waals surface area contributed by atoms with Crippen molar-refractivity contribution < 1.29 is 13.7 Å². The van der Waals surface area contributed by atoms with Crippen molar-refractivity contribution in [3.05, 3.63) is 90.5 Å². The van der Waals surface area contributed by atoms with Crippen LogP contribution in [-0.4, -0.2) is 11.2 Å². The molecule has 0 N–H and O–H groups in total. The molecule has 0 radical (unpaired) electrons. The van der Waals surface area contributed by atoms with Gasteiger partial charge in [-0.3, -0.25) is 4.57 Å². The Labute approximate surface area is 175 Å². The van der Waals surface area contributed by atoms with E-state index in [-0.39, 0.29) is 17.4 Å². The minimum Gasteiger partial charge on any atom is -0.441 e. The highest BCUT2D eigenvalue weighted by molar-refractivity contribution is 7.78.